The summed E-state index contributed by atoms with van der Waals surface area (Å²) in [5.74, 6) is -0.393. The van der Waals surface area contributed by atoms with E-state index in [-0.39, 0.29) is 10.6 Å². The van der Waals surface area contributed by atoms with E-state index in [0.29, 0.717) is 5.69 Å². The topological polar surface area (TPSA) is 75.3 Å². The molecular weight excluding hydrogens is 392 g/mol. The van der Waals surface area contributed by atoms with Crippen molar-refractivity contribution < 1.29 is 13.2 Å². The third kappa shape index (κ3) is 5.07. The molecule has 0 saturated heterocycles. The predicted octanol–water partition coefficient (Wildman–Crippen LogP) is 3.89. The summed E-state index contributed by atoms with van der Waals surface area (Å²) >= 11 is 1.12. The Bertz CT molecular complexity index is 1050. The van der Waals surface area contributed by atoms with Gasteiger partial charge in [0.25, 0.3) is 10.0 Å². The molecule has 3 aromatic rings. The fraction of sp³-hybridized carbons (Fsp3) is 0.190. The maximum atomic E-state index is 13.0. The fourth-order valence-corrected chi connectivity index (χ4v) is 5.08. The van der Waals surface area contributed by atoms with Crippen LogP contribution in [0.25, 0.3) is 0 Å². The highest BCUT2D eigenvalue weighted by Crippen LogP contribution is 2.19. The number of rotatable bonds is 7. The summed E-state index contributed by atoms with van der Waals surface area (Å²) < 4.78 is 28.1. The minimum atomic E-state index is -3.78. The van der Waals surface area contributed by atoms with E-state index < -0.39 is 22.0 Å². The van der Waals surface area contributed by atoms with Crippen molar-refractivity contribution in [1.82, 2.24) is 4.72 Å². The van der Waals surface area contributed by atoms with Crippen LogP contribution in [0.2, 0.25) is 0 Å². The molecule has 7 heteroatoms. The minimum Gasteiger partial charge on any atom is -0.324 e. The van der Waals surface area contributed by atoms with Gasteiger partial charge in [-0.15, -0.1) is 11.3 Å². The summed E-state index contributed by atoms with van der Waals surface area (Å²) in [6, 6.07) is 17.3. The van der Waals surface area contributed by atoms with E-state index in [9.17, 15) is 13.2 Å². The first-order valence-electron chi connectivity index (χ1n) is 8.83. The standard InChI is InChI=1S/C21H22N2O3S2/c1-15-10-11-18(16(2)13-15)22-21(24)19(14-17-7-4-3-5-8-17)23-28(25,26)20-9-6-12-27-20/h3-13,19,23H,14H2,1-2H3,(H,22,24). The molecule has 0 spiro atoms. The normalized spacial score (nSPS) is 12.5. The summed E-state index contributed by atoms with van der Waals surface area (Å²) in [6.45, 7) is 3.89. The van der Waals surface area contributed by atoms with Crippen molar-refractivity contribution in [1.29, 1.82) is 0 Å². The van der Waals surface area contributed by atoms with E-state index in [1.165, 1.54) is 6.07 Å². The number of benzene rings is 2. The summed E-state index contributed by atoms with van der Waals surface area (Å²) in [4.78, 5) is 13.0. The molecule has 28 heavy (non-hydrogen) atoms. The second-order valence-electron chi connectivity index (χ2n) is 6.60. The van der Waals surface area contributed by atoms with Gasteiger partial charge in [-0.25, -0.2) is 8.42 Å². The molecule has 1 heterocycles. The molecule has 5 nitrogen and oxygen atoms in total. The molecular formula is C21H22N2O3S2. The van der Waals surface area contributed by atoms with Crippen molar-refractivity contribution in [2.45, 2.75) is 30.5 Å². The van der Waals surface area contributed by atoms with Gasteiger partial charge in [0.05, 0.1) is 0 Å². The van der Waals surface area contributed by atoms with Crippen LogP contribution in [0.5, 0.6) is 0 Å². The first kappa shape index (κ1) is 20.3. The number of carbonyl (C=O) groups is 1. The summed E-state index contributed by atoms with van der Waals surface area (Å²) in [7, 11) is -3.78. The lowest BCUT2D eigenvalue weighted by atomic mass is 10.1. The van der Waals surface area contributed by atoms with Crippen molar-refractivity contribution in [2.75, 3.05) is 5.32 Å². The Hall–Kier alpha value is -2.48. The van der Waals surface area contributed by atoms with Crippen LogP contribution < -0.4 is 10.0 Å². The van der Waals surface area contributed by atoms with E-state index in [1.807, 2.05) is 62.4 Å². The molecule has 0 bridgehead atoms. The van der Waals surface area contributed by atoms with Crippen molar-refractivity contribution in [3.8, 4) is 0 Å². The van der Waals surface area contributed by atoms with Gasteiger partial charge in [-0.05, 0) is 48.9 Å². The van der Waals surface area contributed by atoms with Crippen LogP contribution in [-0.2, 0) is 21.2 Å². The zero-order valence-electron chi connectivity index (χ0n) is 15.7. The highest BCUT2D eigenvalue weighted by atomic mass is 32.2. The van der Waals surface area contributed by atoms with Gasteiger partial charge in [0, 0.05) is 5.69 Å². The third-order valence-corrected chi connectivity index (χ3v) is 7.17. The molecule has 146 valence electrons. The fourth-order valence-electron chi connectivity index (χ4n) is 2.87. The zero-order valence-corrected chi connectivity index (χ0v) is 17.3. The van der Waals surface area contributed by atoms with Crippen LogP contribution in [-0.4, -0.2) is 20.4 Å². The van der Waals surface area contributed by atoms with Crippen molar-refractivity contribution in [3.05, 3.63) is 82.7 Å². The summed E-state index contributed by atoms with van der Waals surface area (Å²) in [5, 5.41) is 4.55. The number of thiophene rings is 1. The van der Waals surface area contributed by atoms with Crippen LogP contribution in [0.1, 0.15) is 16.7 Å². The van der Waals surface area contributed by atoms with Crippen LogP contribution in [0.4, 0.5) is 5.69 Å². The molecule has 0 aliphatic rings. The second kappa shape index (κ2) is 8.68. The quantitative estimate of drug-likeness (QED) is 0.616. The Morgan fingerprint density at radius 3 is 2.43 bits per heavy atom. The number of hydrogen-bond acceptors (Lipinski definition) is 4. The van der Waals surface area contributed by atoms with Crippen molar-refractivity contribution in [3.63, 3.8) is 0 Å². The van der Waals surface area contributed by atoms with Gasteiger partial charge < -0.3 is 5.32 Å². The molecule has 0 radical (unpaired) electrons. The summed E-state index contributed by atoms with van der Waals surface area (Å²) in [6.07, 6.45) is 0.252. The number of amides is 1. The Balaban J connectivity index is 1.85. The lowest BCUT2D eigenvalue weighted by molar-refractivity contribution is -0.117. The lowest BCUT2D eigenvalue weighted by Crippen LogP contribution is -2.45. The van der Waals surface area contributed by atoms with Gasteiger partial charge in [0.2, 0.25) is 5.91 Å². The van der Waals surface area contributed by atoms with Crippen LogP contribution in [0.15, 0.2) is 70.3 Å². The van der Waals surface area contributed by atoms with Crippen molar-refractivity contribution >= 4 is 33.0 Å². The number of hydrogen-bond donors (Lipinski definition) is 2. The molecule has 2 N–H and O–H groups in total. The second-order valence-corrected chi connectivity index (χ2v) is 9.49. The Morgan fingerprint density at radius 2 is 1.79 bits per heavy atom. The molecule has 0 aliphatic carbocycles. The number of anilines is 1. The monoisotopic (exact) mass is 414 g/mol. The Morgan fingerprint density at radius 1 is 1.04 bits per heavy atom. The Kier molecular flexibility index (Phi) is 6.28. The van der Waals surface area contributed by atoms with Gasteiger partial charge in [-0.1, -0.05) is 54.1 Å². The molecule has 1 amide bonds. The SMILES string of the molecule is Cc1ccc(NC(=O)C(Cc2ccccc2)NS(=O)(=O)c2cccs2)c(C)c1. The number of nitrogens with one attached hydrogen (secondary N) is 2. The predicted molar refractivity (Wildman–Crippen MR) is 113 cm³/mol. The van der Waals surface area contributed by atoms with Gasteiger partial charge in [0.1, 0.15) is 10.3 Å². The number of carbonyl (C=O) groups excluding carboxylic acids is 1. The molecule has 0 saturated carbocycles. The average Bonchev–Trinajstić information content (AvgIpc) is 3.20. The molecule has 0 aliphatic heterocycles. The zero-order chi connectivity index (χ0) is 20.1. The molecule has 1 atom stereocenters. The minimum absolute atomic E-state index is 0.185. The van der Waals surface area contributed by atoms with E-state index in [0.717, 1.165) is 28.0 Å². The smallest absolute Gasteiger partial charge is 0.250 e. The molecule has 1 aromatic heterocycles. The lowest BCUT2D eigenvalue weighted by Gasteiger charge is -2.19. The van der Waals surface area contributed by atoms with Gasteiger partial charge in [-0.3, -0.25) is 4.79 Å². The number of sulfonamides is 1. The first-order chi connectivity index (χ1) is 13.3. The third-order valence-electron chi connectivity index (χ3n) is 4.30. The van der Waals surface area contributed by atoms with Crippen molar-refractivity contribution in [2.24, 2.45) is 0 Å². The molecule has 0 fully saturated rings. The maximum absolute atomic E-state index is 13.0. The first-order valence-corrected chi connectivity index (χ1v) is 11.2. The molecule has 2 aromatic carbocycles. The number of aryl methyl sites for hydroxylation is 2. The highest BCUT2D eigenvalue weighted by molar-refractivity contribution is 7.91. The van der Waals surface area contributed by atoms with Gasteiger partial charge >= 0.3 is 0 Å². The maximum Gasteiger partial charge on any atom is 0.250 e. The average molecular weight is 415 g/mol. The Labute approximate surface area is 169 Å². The van der Waals surface area contributed by atoms with Gasteiger partial charge in [-0.2, -0.15) is 4.72 Å². The van der Waals surface area contributed by atoms with E-state index >= 15 is 0 Å². The van der Waals surface area contributed by atoms with Gasteiger partial charge in [0.15, 0.2) is 0 Å². The van der Waals surface area contributed by atoms with E-state index in [4.69, 9.17) is 0 Å². The molecule has 1 unspecified atom stereocenters. The largest absolute Gasteiger partial charge is 0.324 e. The van der Waals surface area contributed by atoms with Crippen LogP contribution in [0.3, 0.4) is 0 Å². The van der Waals surface area contributed by atoms with Crippen LogP contribution >= 0.6 is 11.3 Å². The van der Waals surface area contributed by atoms with Crippen LogP contribution in [0, 0.1) is 13.8 Å². The van der Waals surface area contributed by atoms with E-state index in [2.05, 4.69) is 10.0 Å². The summed E-state index contributed by atoms with van der Waals surface area (Å²) in [5.41, 5.74) is 3.56. The highest BCUT2D eigenvalue weighted by Gasteiger charge is 2.27. The van der Waals surface area contributed by atoms with E-state index in [1.54, 1.807) is 11.4 Å². The molecule has 3 rings (SSSR count).